The van der Waals surface area contributed by atoms with Gasteiger partial charge in [-0.2, -0.15) is 0 Å². The van der Waals surface area contributed by atoms with Crippen molar-refractivity contribution in [2.24, 2.45) is 0 Å². The monoisotopic (exact) mass is 223 g/mol. The van der Waals surface area contributed by atoms with Crippen molar-refractivity contribution >= 4 is 0 Å². The number of hydrogen-bond acceptors (Lipinski definition) is 4. The van der Waals surface area contributed by atoms with Crippen molar-refractivity contribution < 1.29 is 5.11 Å². The lowest BCUT2D eigenvalue weighted by Crippen LogP contribution is -2.35. The number of pyridine rings is 1. The van der Waals surface area contributed by atoms with E-state index in [0.29, 0.717) is 18.3 Å². The first-order valence-corrected chi connectivity index (χ1v) is 5.52. The van der Waals surface area contributed by atoms with E-state index in [1.54, 1.807) is 6.07 Å². The van der Waals surface area contributed by atoms with Gasteiger partial charge in [0.2, 0.25) is 0 Å². The van der Waals surface area contributed by atoms with Gasteiger partial charge in [-0.3, -0.25) is 4.98 Å². The van der Waals surface area contributed by atoms with Crippen LogP contribution in [0.4, 0.5) is 0 Å². The molecule has 0 bridgehead atoms. The van der Waals surface area contributed by atoms with E-state index in [4.69, 9.17) is 0 Å². The molecule has 1 unspecified atom stereocenters. The summed E-state index contributed by atoms with van der Waals surface area (Å²) in [4.78, 5) is 6.42. The molecule has 0 amide bonds. The molecule has 1 rings (SSSR count). The van der Waals surface area contributed by atoms with Gasteiger partial charge in [-0.25, -0.2) is 0 Å². The van der Waals surface area contributed by atoms with Crippen molar-refractivity contribution in [1.82, 2.24) is 15.2 Å². The molecule has 90 valence electrons. The van der Waals surface area contributed by atoms with E-state index in [1.807, 2.05) is 27.1 Å². The highest BCUT2D eigenvalue weighted by Gasteiger charge is 2.06. The third kappa shape index (κ3) is 4.16. The average molecular weight is 223 g/mol. The molecule has 0 saturated heterocycles. The Hall–Kier alpha value is -1.13. The largest absolute Gasteiger partial charge is 0.506 e. The fraction of sp³-hybridized carbons (Fsp3) is 0.583. The highest BCUT2D eigenvalue weighted by Crippen LogP contribution is 2.14. The van der Waals surface area contributed by atoms with Gasteiger partial charge in [0.15, 0.2) is 0 Å². The summed E-state index contributed by atoms with van der Waals surface area (Å²) in [5, 5.41) is 13.0. The second-order valence-corrected chi connectivity index (χ2v) is 4.46. The fourth-order valence-electron chi connectivity index (χ4n) is 1.62. The number of aryl methyl sites for hydroxylation is 1. The van der Waals surface area contributed by atoms with Crippen molar-refractivity contribution in [3.8, 4) is 5.75 Å². The predicted octanol–water partition coefficient (Wildman–Crippen LogP) is 1.14. The molecule has 1 heterocycles. The summed E-state index contributed by atoms with van der Waals surface area (Å²) in [5.74, 6) is 0.259. The maximum Gasteiger partial charge on any atom is 0.138 e. The molecule has 0 aliphatic rings. The zero-order valence-electron chi connectivity index (χ0n) is 10.5. The Morgan fingerprint density at radius 1 is 1.44 bits per heavy atom. The van der Waals surface area contributed by atoms with Crippen molar-refractivity contribution in [3.63, 3.8) is 0 Å². The predicted molar refractivity (Wildman–Crippen MR) is 65.5 cm³/mol. The molecule has 0 fully saturated rings. The van der Waals surface area contributed by atoms with Crippen molar-refractivity contribution in [3.05, 3.63) is 23.5 Å². The maximum atomic E-state index is 9.62. The van der Waals surface area contributed by atoms with E-state index in [9.17, 15) is 5.11 Å². The Labute approximate surface area is 97.3 Å². The lowest BCUT2D eigenvalue weighted by atomic mass is 10.2. The molecule has 2 N–H and O–H groups in total. The Morgan fingerprint density at radius 3 is 2.75 bits per heavy atom. The molecular formula is C12H21N3O. The second-order valence-electron chi connectivity index (χ2n) is 4.46. The summed E-state index contributed by atoms with van der Waals surface area (Å²) in [6.45, 7) is 5.61. The lowest BCUT2D eigenvalue weighted by molar-refractivity contribution is 0.346. The molecule has 4 heteroatoms. The molecule has 1 aromatic heterocycles. The SMILES string of the molecule is Cc1ccc(O)c(CNC(C)CN(C)C)n1. The van der Waals surface area contributed by atoms with Crippen LogP contribution in [0.25, 0.3) is 0 Å². The average Bonchev–Trinajstić information content (AvgIpc) is 2.18. The lowest BCUT2D eigenvalue weighted by Gasteiger charge is -2.18. The topological polar surface area (TPSA) is 48.4 Å². The third-order valence-corrected chi connectivity index (χ3v) is 2.35. The molecule has 1 atom stereocenters. The van der Waals surface area contributed by atoms with Crippen molar-refractivity contribution in [2.75, 3.05) is 20.6 Å². The van der Waals surface area contributed by atoms with E-state index >= 15 is 0 Å². The molecule has 1 aromatic rings. The molecule has 0 aromatic carbocycles. The Balaban J connectivity index is 2.51. The quantitative estimate of drug-likeness (QED) is 0.786. The van der Waals surface area contributed by atoms with Crippen LogP contribution in [-0.4, -0.2) is 41.7 Å². The minimum atomic E-state index is 0.259. The van der Waals surface area contributed by atoms with Crippen LogP contribution < -0.4 is 5.32 Å². The number of aromatic hydroxyl groups is 1. The zero-order valence-corrected chi connectivity index (χ0v) is 10.5. The molecule has 0 spiro atoms. The number of rotatable bonds is 5. The highest BCUT2D eigenvalue weighted by atomic mass is 16.3. The highest BCUT2D eigenvalue weighted by molar-refractivity contribution is 5.27. The van der Waals surface area contributed by atoms with Crippen LogP contribution >= 0.6 is 0 Å². The van der Waals surface area contributed by atoms with Gasteiger partial charge in [-0.05, 0) is 40.1 Å². The van der Waals surface area contributed by atoms with Crippen molar-refractivity contribution in [1.29, 1.82) is 0 Å². The van der Waals surface area contributed by atoms with Crippen molar-refractivity contribution in [2.45, 2.75) is 26.4 Å². The first-order chi connectivity index (χ1) is 7.49. The van der Waals surface area contributed by atoms with Gasteiger partial charge < -0.3 is 15.3 Å². The maximum absolute atomic E-state index is 9.62. The summed E-state index contributed by atoms with van der Waals surface area (Å²) in [6, 6.07) is 3.87. The summed E-state index contributed by atoms with van der Waals surface area (Å²) in [6.07, 6.45) is 0. The van der Waals surface area contributed by atoms with Gasteiger partial charge >= 0.3 is 0 Å². The molecule has 0 radical (unpaired) electrons. The molecule has 0 aliphatic heterocycles. The van der Waals surface area contributed by atoms with Crippen LogP contribution in [0, 0.1) is 6.92 Å². The van der Waals surface area contributed by atoms with Gasteiger partial charge in [0.1, 0.15) is 5.75 Å². The van der Waals surface area contributed by atoms with Crippen LogP contribution in [0.5, 0.6) is 5.75 Å². The van der Waals surface area contributed by atoms with E-state index in [1.165, 1.54) is 0 Å². The van der Waals surface area contributed by atoms with Crippen LogP contribution in [0.3, 0.4) is 0 Å². The normalized spacial score (nSPS) is 13.1. The van der Waals surface area contributed by atoms with Crippen LogP contribution in [0.1, 0.15) is 18.3 Å². The van der Waals surface area contributed by atoms with E-state index in [2.05, 4.69) is 22.1 Å². The number of hydrogen-bond donors (Lipinski definition) is 2. The summed E-state index contributed by atoms with van der Waals surface area (Å²) in [5.41, 5.74) is 1.64. The number of likely N-dealkylation sites (N-methyl/N-ethyl adjacent to an activating group) is 1. The van der Waals surface area contributed by atoms with Gasteiger partial charge in [-0.15, -0.1) is 0 Å². The van der Waals surface area contributed by atoms with E-state index in [0.717, 1.165) is 12.2 Å². The van der Waals surface area contributed by atoms with Crippen LogP contribution in [-0.2, 0) is 6.54 Å². The van der Waals surface area contributed by atoms with Crippen LogP contribution in [0.15, 0.2) is 12.1 Å². The standard InChI is InChI=1S/C12H21N3O/c1-9-5-6-12(16)11(14-9)7-13-10(2)8-15(3)4/h5-6,10,13,16H,7-8H2,1-4H3. The Bertz CT molecular complexity index is 339. The molecular weight excluding hydrogens is 202 g/mol. The van der Waals surface area contributed by atoms with Gasteiger partial charge in [0, 0.05) is 24.8 Å². The first kappa shape index (κ1) is 12.9. The number of aromatic nitrogens is 1. The summed E-state index contributed by atoms with van der Waals surface area (Å²) >= 11 is 0. The molecule has 0 saturated carbocycles. The smallest absolute Gasteiger partial charge is 0.138 e. The number of nitrogens with one attached hydrogen (secondary N) is 1. The fourth-order valence-corrected chi connectivity index (χ4v) is 1.62. The van der Waals surface area contributed by atoms with Gasteiger partial charge in [-0.1, -0.05) is 0 Å². The minimum Gasteiger partial charge on any atom is -0.506 e. The molecule has 16 heavy (non-hydrogen) atoms. The molecule has 4 nitrogen and oxygen atoms in total. The van der Waals surface area contributed by atoms with Gasteiger partial charge in [0.25, 0.3) is 0 Å². The Morgan fingerprint density at radius 2 is 2.12 bits per heavy atom. The summed E-state index contributed by atoms with van der Waals surface area (Å²) < 4.78 is 0. The van der Waals surface area contributed by atoms with E-state index < -0.39 is 0 Å². The Kier molecular flexibility index (Phi) is 4.71. The minimum absolute atomic E-state index is 0.259. The number of nitrogens with zero attached hydrogens (tertiary/aromatic N) is 2. The zero-order chi connectivity index (χ0) is 12.1. The second kappa shape index (κ2) is 5.82. The van der Waals surface area contributed by atoms with E-state index in [-0.39, 0.29) is 5.75 Å². The van der Waals surface area contributed by atoms with Gasteiger partial charge in [0.05, 0.1) is 5.69 Å². The molecule has 0 aliphatic carbocycles. The van der Waals surface area contributed by atoms with Crippen LogP contribution in [0.2, 0.25) is 0 Å². The third-order valence-electron chi connectivity index (χ3n) is 2.35. The first-order valence-electron chi connectivity index (χ1n) is 5.52. The summed E-state index contributed by atoms with van der Waals surface area (Å²) in [7, 11) is 4.08.